The highest BCUT2D eigenvalue weighted by atomic mass is 16.8. The van der Waals surface area contributed by atoms with E-state index in [1.54, 1.807) is 6.08 Å². The molecule has 14 nitrogen and oxygen atoms in total. The van der Waals surface area contributed by atoms with Gasteiger partial charge in [-0.25, -0.2) is 0 Å². The minimum atomic E-state index is -1.79. The van der Waals surface area contributed by atoms with Gasteiger partial charge in [-0.2, -0.15) is 0 Å². The van der Waals surface area contributed by atoms with Gasteiger partial charge in [0.2, 0.25) is 0 Å². The molecule has 3 aromatic carbocycles. The minimum absolute atomic E-state index is 0.0191. The lowest BCUT2D eigenvalue weighted by Crippen LogP contribution is -2.66. The number of hydrogen-bond donors (Lipinski definition) is 1. The summed E-state index contributed by atoms with van der Waals surface area (Å²) >= 11 is 0. The Labute approximate surface area is 326 Å². The number of carbonyl (C=O) groups is 3. The van der Waals surface area contributed by atoms with Crippen molar-refractivity contribution in [3.05, 3.63) is 120 Å². The van der Waals surface area contributed by atoms with Gasteiger partial charge in [-0.3, -0.25) is 14.4 Å². The summed E-state index contributed by atoms with van der Waals surface area (Å²) in [4.78, 5) is 36.5. The Morgan fingerprint density at radius 2 is 1.12 bits per heavy atom. The highest BCUT2D eigenvalue weighted by Crippen LogP contribution is 2.35. The maximum atomic E-state index is 12.5. The van der Waals surface area contributed by atoms with Crippen molar-refractivity contribution < 1.29 is 66.9 Å². The molecule has 5 rings (SSSR count). The highest BCUT2D eigenvalue weighted by molar-refractivity contribution is 5.68. The summed E-state index contributed by atoms with van der Waals surface area (Å²) in [6, 6.07) is 28.8. The normalized spacial score (nSPS) is 27.5. The maximum absolute atomic E-state index is 12.5. The summed E-state index contributed by atoms with van der Waals surface area (Å²) in [5.74, 6) is -2.16. The number of rotatable bonds is 19. The van der Waals surface area contributed by atoms with Crippen LogP contribution in [0.1, 0.15) is 37.5 Å². The highest BCUT2D eigenvalue weighted by Gasteiger charge is 2.55. The lowest BCUT2D eigenvalue weighted by Gasteiger charge is -2.49. The molecule has 10 atom stereocenters. The maximum Gasteiger partial charge on any atom is 0.303 e. The van der Waals surface area contributed by atoms with Crippen molar-refractivity contribution in [2.24, 2.45) is 0 Å². The Kier molecular flexibility index (Phi) is 16.5. The molecule has 302 valence electrons. The van der Waals surface area contributed by atoms with Gasteiger partial charge >= 0.3 is 17.9 Å². The first kappa shape index (κ1) is 42.6. The predicted molar refractivity (Wildman–Crippen MR) is 198 cm³/mol. The van der Waals surface area contributed by atoms with E-state index in [-0.39, 0.29) is 33.0 Å². The van der Waals surface area contributed by atoms with Crippen LogP contribution in [0, 0.1) is 0 Å². The van der Waals surface area contributed by atoms with Gasteiger partial charge in [0, 0.05) is 20.8 Å². The van der Waals surface area contributed by atoms with E-state index in [1.165, 1.54) is 6.92 Å². The number of aliphatic hydroxyl groups excluding tert-OH is 1. The van der Waals surface area contributed by atoms with Crippen LogP contribution in [0.5, 0.6) is 0 Å². The van der Waals surface area contributed by atoms with Gasteiger partial charge in [-0.1, -0.05) is 97.1 Å². The van der Waals surface area contributed by atoms with E-state index in [2.05, 4.69) is 6.58 Å². The number of hydrogen-bond acceptors (Lipinski definition) is 14. The van der Waals surface area contributed by atoms with Crippen LogP contribution >= 0.6 is 0 Å². The van der Waals surface area contributed by atoms with Crippen molar-refractivity contribution in [1.29, 1.82) is 0 Å². The van der Waals surface area contributed by atoms with Crippen molar-refractivity contribution in [3.63, 3.8) is 0 Å². The summed E-state index contributed by atoms with van der Waals surface area (Å²) in [6.45, 7) is 7.57. The second kappa shape index (κ2) is 21.7. The second-order valence-corrected chi connectivity index (χ2v) is 13.3. The first-order valence-corrected chi connectivity index (χ1v) is 18.4. The molecule has 2 saturated heterocycles. The molecule has 2 aliphatic heterocycles. The molecule has 0 aromatic heterocycles. The number of aliphatic hydroxyl groups is 1. The van der Waals surface area contributed by atoms with E-state index in [4.69, 9.17) is 47.4 Å². The van der Waals surface area contributed by atoms with Crippen LogP contribution in [0.2, 0.25) is 0 Å². The summed E-state index contributed by atoms with van der Waals surface area (Å²) in [5.41, 5.74) is 2.73. The molecule has 0 bridgehead atoms. The Morgan fingerprint density at radius 3 is 1.66 bits per heavy atom. The fourth-order valence-electron chi connectivity index (χ4n) is 6.46. The quantitative estimate of drug-likeness (QED) is 0.105. The Balaban J connectivity index is 1.51. The van der Waals surface area contributed by atoms with E-state index in [0.717, 1.165) is 30.5 Å². The summed E-state index contributed by atoms with van der Waals surface area (Å²) in [5, 5.41) is 11.4. The molecule has 2 aliphatic rings. The van der Waals surface area contributed by atoms with Crippen LogP contribution < -0.4 is 0 Å². The van der Waals surface area contributed by atoms with Gasteiger partial charge in [-0.05, 0) is 16.7 Å². The molecule has 0 radical (unpaired) electrons. The first-order chi connectivity index (χ1) is 27.1. The van der Waals surface area contributed by atoms with Gasteiger partial charge in [-0.15, -0.1) is 6.58 Å². The van der Waals surface area contributed by atoms with E-state index >= 15 is 0 Å². The fraction of sp³-hybridized carbons (Fsp3) is 0.452. The third kappa shape index (κ3) is 12.5. The number of esters is 3. The average Bonchev–Trinajstić information content (AvgIpc) is 3.18. The van der Waals surface area contributed by atoms with Crippen LogP contribution in [0.4, 0.5) is 0 Å². The molecule has 0 aliphatic carbocycles. The molecule has 1 N–H and O–H groups in total. The summed E-state index contributed by atoms with van der Waals surface area (Å²) in [6.07, 6.45) is -10.7. The molecule has 1 unspecified atom stereocenters. The third-order valence-corrected chi connectivity index (χ3v) is 8.92. The van der Waals surface area contributed by atoms with Crippen molar-refractivity contribution in [2.75, 3.05) is 19.8 Å². The Morgan fingerprint density at radius 1 is 0.607 bits per heavy atom. The van der Waals surface area contributed by atoms with Crippen LogP contribution in [-0.4, -0.2) is 104 Å². The second-order valence-electron chi connectivity index (χ2n) is 13.3. The van der Waals surface area contributed by atoms with E-state index in [9.17, 15) is 19.5 Å². The standard InChI is InChI=1S/C42H50O14/c1-5-21-48-40-37(51-24-32-19-13-8-14-20-32)35(50-23-31-17-11-7-12-18-31)33(25-47-22-30-15-9-6-10-16-30)55-42(40)56-39-38(53-29(4)45)36(52-28(3)44)34(54-41(39)46)26-49-27(2)43/h5-20,33-42,46H,1,21-26H2,2-4H3/t33-,34-,35-,36-,37+,38+,39-,40-,41?,42-/m1/s1. The lowest BCUT2D eigenvalue weighted by atomic mass is 9.96. The molecule has 3 aromatic rings. The fourth-order valence-corrected chi connectivity index (χ4v) is 6.46. The zero-order valence-corrected chi connectivity index (χ0v) is 31.7. The van der Waals surface area contributed by atoms with Gasteiger partial charge < -0.3 is 52.5 Å². The molecule has 2 heterocycles. The SMILES string of the molecule is C=CCO[C@H]1[C@@H](O[C@H]2C(O)O[C@H](COC(C)=O)[C@@H](OC(C)=O)[C@@H]2OC(C)=O)O[C@H](COCc2ccccc2)[C@@H](OCc2ccccc2)[C@@H]1OCc1ccccc1. The van der Waals surface area contributed by atoms with E-state index in [1.807, 2.05) is 91.0 Å². The van der Waals surface area contributed by atoms with Gasteiger partial charge in [0.15, 0.2) is 30.9 Å². The van der Waals surface area contributed by atoms with Crippen LogP contribution in [-0.2, 0) is 81.6 Å². The van der Waals surface area contributed by atoms with Crippen molar-refractivity contribution in [3.8, 4) is 0 Å². The molecule has 0 amide bonds. The van der Waals surface area contributed by atoms with Crippen molar-refractivity contribution in [1.82, 2.24) is 0 Å². The van der Waals surface area contributed by atoms with Crippen LogP contribution in [0.25, 0.3) is 0 Å². The Hall–Kier alpha value is -4.51. The zero-order chi connectivity index (χ0) is 39.9. The third-order valence-electron chi connectivity index (χ3n) is 8.92. The topological polar surface area (TPSA) is 164 Å². The minimum Gasteiger partial charge on any atom is -0.463 e. The van der Waals surface area contributed by atoms with E-state index in [0.29, 0.717) is 0 Å². The smallest absolute Gasteiger partial charge is 0.303 e. The van der Waals surface area contributed by atoms with Crippen molar-refractivity contribution in [2.45, 2.75) is 102 Å². The number of ether oxygens (including phenoxy) is 10. The molecule has 2 fully saturated rings. The predicted octanol–water partition coefficient (Wildman–Crippen LogP) is 4.20. The molecule has 0 spiro atoms. The van der Waals surface area contributed by atoms with Crippen molar-refractivity contribution >= 4 is 17.9 Å². The average molecular weight is 779 g/mol. The van der Waals surface area contributed by atoms with Gasteiger partial charge in [0.25, 0.3) is 0 Å². The first-order valence-electron chi connectivity index (χ1n) is 18.4. The molecule has 56 heavy (non-hydrogen) atoms. The summed E-state index contributed by atoms with van der Waals surface area (Å²) < 4.78 is 61.1. The largest absolute Gasteiger partial charge is 0.463 e. The molecule has 0 saturated carbocycles. The number of carbonyl (C=O) groups excluding carboxylic acids is 3. The summed E-state index contributed by atoms with van der Waals surface area (Å²) in [7, 11) is 0. The Bertz CT molecular complexity index is 1660. The molecule has 14 heteroatoms. The molecular formula is C42H50O14. The van der Waals surface area contributed by atoms with Gasteiger partial charge in [0.05, 0.1) is 33.0 Å². The van der Waals surface area contributed by atoms with Gasteiger partial charge in [0.1, 0.15) is 37.1 Å². The molecular weight excluding hydrogens is 728 g/mol. The van der Waals surface area contributed by atoms with E-state index < -0.39 is 85.9 Å². The number of benzene rings is 3. The van der Waals surface area contributed by atoms with Crippen LogP contribution in [0.15, 0.2) is 104 Å². The lowest BCUT2D eigenvalue weighted by molar-refractivity contribution is -0.372. The monoisotopic (exact) mass is 778 g/mol. The van der Waals surface area contributed by atoms with Crippen LogP contribution in [0.3, 0.4) is 0 Å². The zero-order valence-electron chi connectivity index (χ0n) is 31.7.